The largest absolute Gasteiger partial charge is 0.352 e. The molecule has 21 heavy (non-hydrogen) atoms. The molecule has 2 heterocycles. The maximum absolute atomic E-state index is 4.46. The average Bonchev–Trinajstić information content (AvgIpc) is 3.06. The molecule has 0 radical (unpaired) electrons. The fraction of sp³-hybridized carbons (Fsp3) is 0.733. The van der Waals surface area contributed by atoms with Crippen LogP contribution in [0.5, 0.6) is 0 Å². The molecule has 0 amide bonds. The summed E-state index contributed by atoms with van der Waals surface area (Å²) in [5, 5.41) is 10.5. The summed E-state index contributed by atoms with van der Waals surface area (Å²) in [5.41, 5.74) is 2.34. The van der Waals surface area contributed by atoms with E-state index in [2.05, 4.69) is 32.3 Å². The van der Waals surface area contributed by atoms with E-state index in [1.807, 2.05) is 13.2 Å². The van der Waals surface area contributed by atoms with Gasteiger partial charge in [0.15, 0.2) is 5.96 Å². The highest BCUT2D eigenvalue weighted by atomic mass is 127. The third-order valence-electron chi connectivity index (χ3n) is 4.86. The Kier molecular flexibility index (Phi) is 5.89. The number of aromatic amines is 1. The van der Waals surface area contributed by atoms with Gasteiger partial charge < -0.3 is 10.2 Å². The summed E-state index contributed by atoms with van der Waals surface area (Å²) in [5.74, 6) is 2.82. The Hall–Kier alpha value is -0.790. The van der Waals surface area contributed by atoms with Gasteiger partial charge in [-0.15, -0.1) is 24.0 Å². The Morgan fingerprint density at radius 3 is 2.57 bits per heavy atom. The highest BCUT2D eigenvalue weighted by molar-refractivity contribution is 14.0. The van der Waals surface area contributed by atoms with Crippen LogP contribution in [0.25, 0.3) is 0 Å². The lowest BCUT2D eigenvalue weighted by atomic mass is 9.82. The molecule has 2 aliphatic rings. The molecule has 1 aliphatic heterocycles. The second kappa shape index (κ2) is 7.47. The number of likely N-dealkylation sites (tertiary alicyclic amines) is 1. The van der Waals surface area contributed by atoms with E-state index >= 15 is 0 Å². The van der Waals surface area contributed by atoms with Crippen LogP contribution in [0.15, 0.2) is 11.2 Å². The number of aryl methyl sites for hydroxylation is 1. The Balaban J connectivity index is 0.00000161. The van der Waals surface area contributed by atoms with Crippen molar-refractivity contribution < 1.29 is 0 Å². The summed E-state index contributed by atoms with van der Waals surface area (Å²) in [4.78, 5) is 6.90. The van der Waals surface area contributed by atoms with Gasteiger partial charge in [-0.2, -0.15) is 5.10 Å². The van der Waals surface area contributed by atoms with Gasteiger partial charge in [0.05, 0.1) is 6.20 Å². The number of hydrogen-bond donors (Lipinski definition) is 2. The second-order valence-electron chi connectivity index (χ2n) is 6.13. The SMILES string of the molecule is CN=C(NCc1cn[nH]c1C)N1CC2CCCCC2C1.I. The van der Waals surface area contributed by atoms with Gasteiger partial charge in [0.25, 0.3) is 0 Å². The number of nitrogens with one attached hydrogen (secondary N) is 2. The molecular formula is C15H26IN5. The predicted octanol–water partition coefficient (Wildman–Crippen LogP) is 2.53. The summed E-state index contributed by atoms with van der Waals surface area (Å²) in [6.07, 6.45) is 7.52. The summed E-state index contributed by atoms with van der Waals surface area (Å²) in [6.45, 7) is 5.20. The molecule has 1 saturated carbocycles. The van der Waals surface area contributed by atoms with Gasteiger partial charge >= 0.3 is 0 Å². The van der Waals surface area contributed by atoms with Crippen LogP contribution in [-0.4, -0.2) is 41.2 Å². The third kappa shape index (κ3) is 3.70. The van der Waals surface area contributed by atoms with Gasteiger partial charge in [-0.05, 0) is 31.6 Å². The number of guanidine groups is 1. The minimum Gasteiger partial charge on any atom is -0.352 e. The van der Waals surface area contributed by atoms with Crippen LogP contribution in [0.4, 0.5) is 0 Å². The molecule has 1 saturated heterocycles. The van der Waals surface area contributed by atoms with Crippen molar-refractivity contribution in [1.29, 1.82) is 0 Å². The molecule has 118 valence electrons. The van der Waals surface area contributed by atoms with Crippen molar-refractivity contribution in [2.75, 3.05) is 20.1 Å². The highest BCUT2D eigenvalue weighted by Crippen LogP contribution is 2.35. The first-order chi connectivity index (χ1) is 9.78. The zero-order chi connectivity index (χ0) is 13.9. The molecule has 2 N–H and O–H groups in total. The number of hydrogen-bond acceptors (Lipinski definition) is 2. The topological polar surface area (TPSA) is 56.3 Å². The van der Waals surface area contributed by atoms with Gasteiger partial charge in [-0.25, -0.2) is 0 Å². The molecule has 1 aliphatic carbocycles. The van der Waals surface area contributed by atoms with E-state index < -0.39 is 0 Å². The van der Waals surface area contributed by atoms with Crippen LogP contribution >= 0.6 is 24.0 Å². The number of aliphatic imine (C=N–C) groups is 1. The van der Waals surface area contributed by atoms with Gasteiger partial charge in [-0.3, -0.25) is 10.1 Å². The second-order valence-corrected chi connectivity index (χ2v) is 6.13. The van der Waals surface area contributed by atoms with Crippen LogP contribution in [0.3, 0.4) is 0 Å². The lowest BCUT2D eigenvalue weighted by Gasteiger charge is -2.22. The Labute approximate surface area is 144 Å². The van der Waals surface area contributed by atoms with E-state index in [0.717, 1.165) is 30.0 Å². The average molecular weight is 403 g/mol. The van der Waals surface area contributed by atoms with Gasteiger partial charge in [0, 0.05) is 37.9 Å². The minimum absolute atomic E-state index is 0. The summed E-state index contributed by atoms with van der Waals surface area (Å²) in [6, 6.07) is 0. The fourth-order valence-corrected chi connectivity index (χ4v) is 3.64. The molecule has 1 aromatic rings. The molecular weight excluding hydrogens is 377 g/mol. The molecule has 2 atom stereocenters. The smallest absolute Gasteiger partial charge is 0.193 e. The van der Waals surface area contributed by atoms with E-state index in [0.29, 0.717) is 0 Å². The van der Waals surface area contributed by atoms with Crippen LogP contribution in [-0.2, 0) is 6.54 Å². The summed E-state index contributed by atoms with van der Waals surface area (Å²) in [7, 11) is 1.88. The minimum atomic E-state index is 0. The van der Waals surface area contributed by atoms with Crippen molar-refractivity contribution in [3.8, 4) is 0 Å². The fourth-order valence-electron chi connectivity index (χ4n) is 3.64. The Morgan fingerprint density at radius 1 is 1.38 bits per heavy atom. The molecule has 2 fully saturated rings. The number of halogens is 1. The van der Waals surface area contributed by atoms with Crippen LogP contribution in [0.2, 0.25) is 0 Å². The lowest BCUT2D eigenvalue weighted by molar-refractivity contribution is 0.299. The summed E-state index contributed by atoms with van der Waals surface area (Å²) < 4.78 is 0. The van der Waals surface area contributed by atoms with Gasteiger partial charge in [-0.1, -0.05) is 12.8 Å². The van der Waals surface area contributed by atoms with Crippen molar-refractivity contribution in [1.82, 2.24) is 20.4 Å². The number of aromatic nitrogens is 2. The molecule has 5 nitrogen and oxygen atoms in total. The molecule has 0 bridgehead atoms. The van der Waals surface area contributed by atoms with Crippen LogP contribution in [0, 0.1) is 18.8 Å². The van der Waals surface area contributed by atoms with Gasteiger partial charge in [0.2, 0.25) is 0 Å². The van der Waals surface area contributed by atoms with Crippen molar-refractivity contribution in [3.05, 3.63) is 17.5 Å². The standard InChI is InChI=1S/C15H25N5.HI/c1-11-14(8-18-19-11)7-17-15(16-2)20-9-12-5-3-4-6-13(12)10-20;/h8,12-13H,3-7,9-10H2,1-2H3,(H,16,17)(H,18,19);1H. The monoisotopic (exact) mass is 403 g/mol. The van der Waals surface area contributed by atoms with E-state index in [1.165, 1.54) is 44.3 Å². The van der Waals surface area contributed by atoms with Crippen molar-refractivity contribution in [2.45, 2.75) is 39.2 Å². The van der Waals surface area contributed by atoms with Gasteiger partial charge in [0.1, 0.15) is 0 Å². The third-order valence-corrected chi connectivity index (χ3v) is 4.86. The zero-order valence-corrected chi connectivity index (χ0v) is 15.3. The molecule has 1 aromatic heterocycles. The van der Waals surface area contributed by atoms with E-state index in [-0.39, 0.29) is 24.0 Å². The first kappa shape index (κ1) is 16.6. The predicted molar refractivity (Wildman–Crippen MR) is 96.0 cm³/mol. The first-order valence-electron chi connectivity index (χ1n) is 7.72. The Morgan fingerprint density at radius 2 is 2.05 bits per heavy atom. The number of H-pyrrole nitrogens is 1. The first-order valence-corrected chi connectivity index (χ1v) is 7.72. The maximum atomic E-state index is 4.46. The molecule has 0 aromatic carbocycles. The lowest BCUT2D eigenvalue weighted by Crippen LogP contribution is -2.39. The maximum Gasteiger partial charge on any atom is 0.193 e. The summed E-state index contributed by atoms with van der Waals surface area (Å²) >= 11 is 0. The normalized spacial score (nSPS) is 25.4. The molecule has 6 heteroatoms. The number of nitrogens with zero attached hydrogens (tertiary/aromatic N) is 3. The Bertz CT molecular complexity index is 470. The van der Waals surface area contributed by atoms with Crippen molar-refractivity contribution >= 4 is 29.9 Å². The highest BCUT2D eigenvalue weighted by Gasteiger charge is 2.35. The van der Waals surface area contributed by atoms with E-state index in [1.54, 1.807) is 0 Å². The molecule has 0 spiro atoms. The zero-order valence-electron chi connectivity index (χ0n) is 12.9. The van der Waals surface area contributed by atoms with Crippen molar-refractivity contribution in [2.24, 2.45) is 16.8 Å². The van der Waals surface area contributed by atoms with Crippen molar-refractivity contribution in [3.63, 3.8) is 0 Å². The van der Waals surface area contributed by atoms with E-state index in [4.69, 9.17) is 0 Å². The number of fused-ring (bicyclic) bond motifs is 1. The molecule has 2 unspecified atom stereocenters. The number of rotatable bonds is 2. The van der Waals surface area contributed by atoms with E-state index in [9.17, 15) is 0 Å². The quantitative estimate of drug-likeness (QED) is 0.454. The van der Waals surface area contributed by atoms with Crippen LogP contribution < -0.4 is 5.32 Å². The van der Waals surface area contributed by atoms with Crippen LogP contribution in [0.1, 0.15) is 36.9 Å². The molecule has 3 rings (SSSR count).